The standard InChI is InChI=1S/C11H18N2O2/c1-3-10(14)12(2)9-6-13(7-9)11(15)8-4-5-8/h8-9H,3-7H2,1-2H3. The summed E-state index contributed by atoms with van der Waals surface area (Å²) in [6, 6.07) is 0.250. The molecule has 84 valence electrons. The van der Waals surface area contributed by atoms with Crippen LogP contribution < -0.4 is 0 Å². The van der Waals surface area contributed by atoms with Crippen LogP contribution in [-0.4, -0.2) is 47.8 Å². The van der Waals surface area contributed by atoms with E-state index >= 15 is 0 Å². The van der Waals surface area contributed by atoms with Crippen LogP contribution in [0.5, 0.6) is 0 Å². The highest BCUT2D eigenvalue weighted by Crippen LogP contribution is 2.32. The van der Waals surface area contributed by atoms with Gasteiger partial charge in [0.1, 0.15) is 0 Å². The summed E-state index contributed by atoms with van der Waals surface area (Å²) >= 11 is 0. The quantitative estimate of drug-likeness (QED) is 0.679. The fraction of sp³-hybridized carbons (Fsp3) is 0.818. The van der Waals surface area contributed by atoms with E-state index in [1.165, 1.54) is 0 Å². The Kier molecular flexibility index (Phi) is 2.67. The number of carbonyl (C=O) groups is 2. The number of likely N-dealkylation sites (N-methyl/N-ethyl adjacent to an activating group) is 1. The van der Waals surface area contributed by atoms with Gasteiger partial charge in [0.2, 0.25) is 11.8 Å². The minimum Gasteiger partial charge on any atom is -0.339 e. The summed E-state index contributed by atoms with van der Waals surface area (Å²) in [5, 5.41) is 0. The molecule has 1 aliphatic heterocycles. The molecule has 0 aromatic rings. The van der Waals surface area contributed by atoms with Crippen molar-refractivity contribution in [3.8, 4) is 0 Å². The number of carbonyl (C=O) groups excluding carboxylic acids is 2. The molecule has 0 bridgehead atoms. The van der Waals surface area contributed by atoms with Gasteiger partial charge in [-0.15, -0.1) is 0 Å². The number of hydrogen-bond donors (Lipinski definition) is 0. The molecule has 1 aliphatic carbocycles. The van der Waals surface area contributed by atoms with Crippen molar-refractivity contribution in [2.24, 2.45) is 5.92 Å². The fourth-order valence-corrected chi connectivity index (χ4v) is 1.92. The van der Waals surface area contributed by atoms with Crippen LogP contribution in [0, 0.1) is 5.92 Å². The topological polar surface area (TPSA) is 40.6 Å². The summed E-state index contributed by atoms with van der Waals surface area (Å²) in [5.41, 5.74) is 0. The van der Waals surface area contributed by atoms with Crippen LogP contribution >= 0.6 is 0 Å². The van der Waals surface area contributed by atoms with Crippen molar-refractivity contribution in [3.63, 3.8) is 0 Å². The molecule has 2 amide bonds. The number of rotatable bonds is 3. The van der Waals surface area contributed by atoms with Crippen molar-refractivity contribution in [1.82, 2.24) is 9.80 Å². The van der Waals surface area contributed by atoms with E-state index in [-0.39, 0.29) is 11.9 Å². The van der Waals surface area contributed by atoms with Gasteiger partial charge in [-0.3, -0.25) is 9.59 Å². The Morgan fingerprint density at radius 2 is 1.93 bits per heavy atom. The third-order valence-corrected chi connectivity index (χ3v) is 3.34. The van der Waals surface area contributed by atoms with E-state index < -0.39 is 0 Å². The van der Waals surface area contributed by atoms with Gasteiger partial charge >= 0.3 is 0 Å². The maximum Gasteiger partial charge on any atom is 0.225 e. The Balaban J connectivity index is 1.77. The van der Waals surface area contributed by atoms with E-state index in [1.807, 2.05) is 18.9 Å². The molecule has 2 aliphatic rings. The Hall–Kier alpha value is -1.06. The van der Waals surface area contributed by atoms with Crippen LogP contribution in [0.1, 0.15) is 26.2 Å². The molecule has 1 saturated carbocycles. The summed E-state index contributed by atoms with van der Waals surface area (Å²) in [4.78, 5) is 26.7. The molecule has 0 N–H and O–H groups in total. The lowest BCUT2D eigenvalue weighted by molar-refractivity contribution is -0.146. The second-order valence-electron chi connectivity index (χ2n) is 4.53. The Labute approximate surface area is 90.2 Å². The molecule has 2 fully saturated rings. The zero-order chi connectivity index (χ0) is 11.0. The third-order valence-electron chi connectivity index (χ3n) is 3.34. The number of nitrogens with zero attached hydrogens (tertiary/aromatic N) is 2. The summed E-state index contributed by atoms with van der Waals surface area (Å²) in [7, 11) is 1.83. The minimum atomic E-state index is 0.165. The van der Waals surface area contributed by atoms with Gasteiger partial charge in [0.15, 0.2) is 0 Å². The molecule has 0 unspecified atom stereocenters. The predicted octanol–water partition coefficient (Wildman–Crippen LogP) is 0.476. The van der Waals surface area contributed by atoms with Crippen molar-refractivity contribution in [2.75, 3.05) is 20.1 Å². The summed E-state index contributed by atoms with van der Waals surface area (Å²) in [5.74, 6) is 0.764. The van der Waals surface area contributed by atoms with E-state index in [2.05, 4.69) is 0 Å². The highest BCUT2D eigenvalue weighted by molar-refractivity contribution is 5.82. The lowest BCUT2D eigenvalue weighted by Gasteiger charge is -2.44. The normalized spacial score (nSPS) is 21.1. The highest BCUT2D eigenvalue weighted by atomic mass is 16.2. The third kappa shape index (κ3) is 1.98. The lowest BCUT2D eigenvalue weighted by Crippen LogP contribution is -2.61. The lowest BCUT2D eigenvalue weighted by atomic mass is 10.1. The summed E-state index contributed by atoms with van der Waals surface area (Å²) in [6.07, 6.45) is 2.66. The summed E-state index contributed by atoms with van der Waals surface area (Å²) < 4.78 is 0. The van der Waals surface area contributed by atoms with Crippen molar-refractivity contribution >= 4 is 11.8 Å². The fourth-order valence-electron chi connectivity index (χ4n) is 1.92. The second kappa shape index (κ2) is 3.83. The molecular formula is C11H18N2O2. The number of hydrogen-bond acceptors (Lipinski definition) is 2. The monoisotopic (exact) mass is 210 g/mol. The number of amides is 2. The average molecular weight is 210 g/mol. The Bertz CT molecular complexity index is 280. The molecule has 4 nitrogen and oxygen atoms in total. The molecule has 4 heteroatoms. The van der Waals surface area contributed by atoms with E-state index in [4.69, 9.17) is 0 Å². The molecule has 0 aromatic carbocycles. The molecular weight excluding hydrogens is 192 g/mol. The summed E-state index contributed by atoms with van der Waals surface area (Å²) in [6.45, 7) is 3.33. The maximum atomic E-state index is 11.6. The van der Waals surface area contributed by atoms with Crippen LogP contribution in [0.25, 0.3) is 0 Å². The first-order valence-corrected chi connectivity index (χ1v) is 5.68. The minimum absolute atomic E-state index is 0.165. The predicted molar refractivity (Wildman–Crippen MR) is 56.2 cm³/mol. The first kappa shape index (κ1) is 10.5. The van der Waals surface area contributed by atoms with Crippen LogP contribution in [0.4, 0.5) is 0 Å². The second-order valence-corrected chi connectivity index (χ2v) is 4.53. The van der Waals surface area contributed by atoms with E-state index in [0.29, 0.717) is 18.2 Å². The van der Waals surface area contributed by atoms with Crippen LogP contribution in [0.15, 0.2) is 0 Å². The maximum absolute atomic E-state index is 11.6. The van der Waals surface area contributed by atoms with Gasteiger partial charge in [0.05, 0.1) is 6.04 Å². The van der Waals surface area contributed by atoms with Gasteiger partial charge in [0.25, 0.3) is 0 Å². The molecule has 0 aromatic heterocycles. The zero-order valence-corrected chi connectivity index (χ0v) is 9.40. The van der Waals surface area contributed by atoms with Crippen molar-refractivity contribution < 1.29 is 9.59 Å². The van der Waals surface area contributed by atoms with Crippen molar-refractivity contribution in [1.29, 1.82) is 0 Å². The molecule has 0 atom stereocenters. The van der Waals surface area contributed by atoms with Gasteiger partial charge in [0, 0.05) is 32.5 Å². The molecule has 15 heavy (non-hydrogen) atoms. The zero-order valence-electron chi connectivity index (χ0n) is 9.40. The molecule has 2 rings (SSSR count). The highest BCUT2D eigenvalue weighted by Gasteiger charge is 2.40. The van der Waals surface area contributed by atoms with Crippen molar-refractivity contribution in [3.05, 3.63) is 0 Å². The largest absolute Gasteiger partial charge is 0.339 e. The SMILES string of the molecule is CCC(=O)N(C)C1CN(C(=O)C2CC2)C1. The molecule has 0 radical (unpaired) electrons. The van der Waals surface area contributed by atoms with Gasteiger partial charge in [-0.2, -0.15) is 0 Å². The van der Waals surface area contributed by atoms with E-state index in [0.717, 1.165) is 25.9 Å². The average Bonchev–Trinajstić information content (AvgIpc) is 2.96. The van der Waals surface area contributed by atoms with Gasteiger partial charge in [-0.25, -0.2) is 0 Å². The van der Waals surface area contributed by atoms with Crippen molar-refractivity contribution in [2.45, 2.75) is 32.2 Å². The Morgan fingerprint density at radius 3 is 2.40 bits per heavy atom. The Morgan fingerprint density at radius 1 is 1.33 bits per heavy atom. The molecule has 1 saturated heterocycles. The van der Waals surface area contributed by atoms with Gasteiger partial charge < -0.3 is 9.80 Å². The van der Waals surface area contributed by atoms with Gasteiger partial charge in [-0.1, -0.05) is 6.92 Å². The van der Waals surface area contributed by atoms with E-state index in [1.54, 1.807) is 4.90 Å². The van der Waals surface area contributed by atoms with Gasteiger partial charge in [-0.05, 0) is 12.8 Å². The first-order valence-electron chi connectivity index (χ1n) is 5.68. The van der Waals surface area contributed by atoms with Crippen LogP contribution in [0.2, 0.25) is 0 Å². The van der Waals surface area contributed by atoms with Crippen LogP contribution in [-0.2, 0) is 9.59 Å². The number of likely N-dealkylation sites (tertiary alicyclic amines) is 1. The first-order chi connectivity index (χ1) is 7.13. The molecule has 0 spiro atoms. The smallest absolute Gasteiger partial charge is 0.225 e. The van der Waals surface area contributed by atoms with E-state index in [9.17, 15) is 9.59 Å². The van der Waals surface area contributed by atoms with Crippen LogP contribution in [0.3, 0.4) is 0 Å². The molecule has 1 heterocycles.